The van der Waals surface area contributed by atoms with E-state index in [4.69, 9.17) is 0 Å². The largest absolute Gasteiger partial charge is 0.401 e. The summed E-state index contributed by atoms with van der Waals surface area (Å²) >= 11 is 1.21. The number of halogens is 3. The van der Waals surface area contributed by atoms with Crippen molar-refractivity contribution in [2.45, 2.75) is 12.7 Å². The summed E-state index contributed by atoms with van der Waals surface area (Å²) in [6, 6.07) is 9.37. The molecule has 3 rings (SSSR count). The number of aromatic nitrogens is 4. The number of alkyl halides is 3. The summed E-state index contributed by atoms with van der Waals surface area (Å²) < 4.78 is 37.8. The van der Waals surface area contributed by atoms with E-state index < -0.39 is 12.7 Å². The highest BCUT2D eigenvalue weighted by atomic mass is 32.1. The van der Waals surface area contributed by atoms with Gasteiger partial charge in [-0.05, 0) is 0 Å². The molecule has 0 aliphatic carbocycles. The molecule has 0 atom stereocenters. The zero-order chi connectivity index (χ0) is 14.9. The first-order valence-electron chi connectivity index (χ1n) is 6.07. The molecule has 0 aliphatic heterocycles. The molecule has 0 aliphatic rings. The van der Waals surface area contributed by atoms with Gasteiger partial charge in [0.2, 0.25) is 4.96 Å². The van der Waals surface area contributed by atoms with E-state index in [0.29, 0.717) is 15.8 Å². The van der Waals surface area contributed by atoms with E-state index in [0.717, 1.165) is 5.56 Å². The fourth-order valence-corrected chi connectivity index (χ4v) is 2.61. The van der Waals surface area contributed by atoms with Crippen LogP contribution in [-0.2, 0) is 6.54 Å². The third-order valence-electron chi connectivity index (χ3n) is 2.67. The zero-order valence-electron chi connectivity index (χ0n) is 10.6. The Balaban J connectivity index is 1.80. The topological polar surface area (TPSA) is 55.1 Å². The Labute approximate surface area is 121 Å². The van der Waals surface area contributed by atoms with Gasteiger partial charge in [-0.3, -0.25) is 0 Å². The van der Waals surface area contributed by atoms with Crippen molar-refractivity contribution in [3.05, 3.63) is 35.3 Å². The highest BCUT2D eigenvalue weighted by Gasteiger charge is 2.26. The van der Waals surface area contributed by atoms with Crippen LogP contribution in [0.4, 0.5) is 13.2 Å². The smallest absolute Gasteiger partial charge is 0.302 e. The fourth-order valence-electron chi connectivity index (χ4n) is 1.81. The van der Waals surface area contributed by atoms with Crippen LogP contribution in [0.1, 0.15) is 5.01 Å². The minimum atomic E-state index is -4.23. The molecule has 1 aromatic carbocycles. The van der Waals surface area contributed by atoms with Gasteiger partial charge in [0.05, 0.1) is 13.1 Å². The van der Waals surface area contributed by atoms with Crippen LogP contribution in [-0.4, -0.2) is 32.5 Å². The Kier molecular flexibility index (Phi) is 3.60. The van der Waals surface area contributed by atoms with Crippen molar-refractivity contribution in [1.82, 2.24) is 25.1 Å². The van der Waals surface area contributed by atoms with E-state index in [9.17, 15) is 13.2 Å². The lowest BCUT2D eigenvalue weighted by Gasteiger charge is -2.05. The Morgan fingerprint density at radius 1 is 1.14 bits per heavy atom. The van der Waals surface area contributed by atoms with E-state index in [1.54, 1.807) is 4.52 Å². The van der Waals surface area contributed by atoms with Crippen LogP contribution in [0.5, 0.6) is 0 Å². The van der Waals surface area contributed by atoms with Crippen molar-refractivity contribution < 1.29 is 13.2 Å². The van der Waals surface area contributed by atoms with Crippen LogP contribution < -0.4 is 5.32 Å². The summed E-state index contributed by atoms with van der Waals surface area (Å²) in [6.07, 6.45) is -4.23. The van der Waals surface area contributed by atoms with Gasteiger partial charge in [0, 0.05) is 5.56 Å². The summed E-state index contributed by atoms with van der Waals surface area (Å²) in [5.41, 5.74) is 0.852. The minimum absolute atomic E-state index is 0.0434. The number of nitrogens with one attached hydrogen (secondary N) is 1. The molecule has 0 spiro atoms. The number of hydrogen-bond acceptors (Lipinski definition) is 5. The second kappa shape index (κ2) is 5.41. The predicted molar refractivity (Wildman–Crippen MR) is 71.9 cm³/mol. The maximum Gasteiger partial charge on any atom is 0.401 e. The molecule has 0 unspecified atom stereocenters. The molecule has 3 aromatic rings. The second-order valence-electron chi connectivity index (χ2n) is 4.30. The van der Waals surface area contributed by atoms with Crippen LogP contribution in [0.3, 0.4) is 0 Å². The van der Waals surface area contributed by atoms with Crippen molar-refractivity contribution in [2.75, 3.05) is 6.54 Å². The lowest BCUT2D eigenvalue weighted by atomic mass is 10.2. The molecule has 5 nitrogen and oxygen atoms in total. The molecule has 21 heavy (non-hydrogen) atoms. The van der Waals surface area contributed by atoms with Gasteiger partial charge in [-0.2, -0.15) is 22.8 Å². The fraction of sp³-hybridized carbons (Fsp3) is 0.250. The molecule has 2 heterocycles. The van der Waals surface area contributed by atoms with E-state index in [1.807, 2.05) is 30.3 Å². The molecule has 9 heteroatoms. The summed E-state index contributed by atoms with van der Waals surface area (Å²) in [5, 5.41) is 15.1. The van der Waals surface area contributed by atoms with Gasteiger partial charge in [0.15, 0.2) is 5.82 Å². The van der Waals surface area contributed by atoms with E-state index in [1.165, 1.54) is 11.3 Å². The molecule has 0 bridgehead atoms. The number of hydrogen-bond donors (Lipinski definition) is 1. The highest BCUT2D eigenvalue weighted by molar-refractivity contribution is 7.16. The van der Waals surface area contributed by atoms with Gasteiger partial charge in [0.25, 0.3) is 0 Å². The summed E-state index contributed by atoms with van der Waals surface area (Å²) in [4.78, 5) is 0.553. The number of nitrogens with zero attached hydrogens (tertiary/aromatic N) is 4. The van der Waals surface area contributed by atoms with Gasteiger partial charge in [0.1, 0.15) is 5.01 Å². The lowest BCUT2D eigenvalue weighted by molar-refractivity contribution is -0.125. The first kappa shape index (κ1) is 14.0. The third-order valence-corrected chi connectivity index (χ3v) is 3.57. The van der Waals surface area contributed by atoms with Crippen molar-refractivity contribution in [1.29, 1.82) is 0 Å². The average Bonchev–Trinajstić information content (AvgIpc) is 2.98. The monoisotopic (exact) mass is 313 g/mol. The summed E-state index contributed by atoms with van der Waals surface area (Å²) in [5.74, 6) is 0.573. The van der Waals surface area contributed by atoms with Gasteiger partial charge in [-0.1, -0.05) is 41.7 Å². The van der Waals surface area contributed by atoms with Crippen molar-refractivity contribution in [2.24, 2.45) is 0 Å². The molecule has 2 aromatic heterocycles. The molecule has 1 N–H and O–H groups in total. The van der Waals surface area contributed by atoms with Gasteiger partial charge in [-0.25, -0.2) is 0 Å². The average molecular weight is 313 g/mol. The molecular formula is C12H10F3N5S. The highest BCUT2D eigenvalue weighted by Crippen LogP contribution is 2.21. The van der Waals surface area contributed by atoms with Crippen LogP contribution in [0.25, 0.3) is 16.3 Å². The molecule has 0 fully saturated rings. The van der Waals surface area contributed by atoms with Gasteiger partial charge in [-0.15, -0.1) is 10.2 Å². The summed E-state index contributed by atoms with van der Waals surface area (Å²) in [6.45, 7) is -1.000. The van der Waals surface area contributed by atoms with Gasteiger partial charge < -0.3 is 5.32 Å². The molecule has 0 radical (unpaired) electrons. The summed E-state index contributed by atoms with van der Waals surface area (Å²) in [7, 11) is 0. The Morgan fingerprint density at radius 3 is 2.62 bits per heavy atom. The van der Waals surface area contributed by atoms with Crippen LogP contribution in [0.15, 0.2) is 30.3 Å². The number of benzene rings is 1. The first-order chi connectivity index (χ1) is 10.0. The van der Waals surface area contributed by atoms with Crippen molar-refractivity contribution in [3.8, 4) is 11.4 Å². The third kappa shape index (κ3) is 3.19. The van der Waals surface area contributed by atoms with Crippen LogP contribution in [0, 0.1) is 0 Å². The van der Waals surface area contributed by atoms with Crippen LogP contribution in [0.2, 0.25) is 0 Å². The standard InChI is InChI=1S/C12H10F3N5S/c13-12(14,15)7-16-6-9-19-20-10(17-18-11(20)21-9)8-4-2-1-3-5-8/h1-5,16H,6-7H2. The Bertz CT molecular complexity index is 734. The maximum absolute atomic E-state index is 12.1. The Hall–Kier alpha value is -2.00. The minimum Gasteiger partial charge on any atom is -0.302 e. The quantitative estimate of drug-likeness (QED) is 0.804. The molecule has 110 valence electrons. The van der Waals surface area contributed by atoms with Crippen molar-refractivity contribution >= 4 is 16.3 Å². The molecule has 0 saturated carbocycles. The maximum atomic E-state index is 12.1. The SMILES string of the molecule is FC(F)(F)CNCc1nn2c(-c3ccccc3)nnc2s1. The van der Waals surface area contributed by atoms with Crippen molar-refractivity contribution in [3.63, 3.8) is 0 Å². The van der Waals surface area contributed by atoms with E-state index in [-0.39, 0.29) is 6.54 Å². The molecule has 0 saturated heterocycles. The first-order valence-corrected chi connectivity index (χ1v) is 6.88. The van der Waals surface area contributed by atoms with Gasteiger partial charge >= 0.3 is 6.18 Å². The van der Waals surface area contributed by atoms with E-state index >= 15 is 0 Å². The lowest BCUT2D eigenvalue weighted by Crippen LogP contribution is -2.28. The zero-order valence-corrected chi connectivity index (χ0v) is 11.4. The normalized spacial score (nSPS) is 12.1. The van der Waals surface area contributed by atoms with E-state index in [2.05, 4.69) is 20.6 Å². The second-order valence-corrected chi connectivity index (χ2v) is 5.34. The number of fused-ring (bicyclic) bond motifs is 1. The van der Waals surface area contributed by atoms with Crippen LogP contribution >= 0.6 is 11.3 Å². The Morgan fingerprint density at radius 2 is 1.90 bits per heavy atom. The number of rotatable bonds is 4. The molecular weight excluding hydrogens is 303 g/mol. The predicted octanol–water partition coefficient (Wildman–Crippen LogP) is 2.50. The molecule has 0 amide bonds.